The van der Waals surface area contributed by atoms with Gasteiger partial charge in [-0.3, -0.25) is 0 Å². The smallest absolute Gasteiger partial charge is 0.233 e. The average molecular weight is 379 g/mol. The van der Waals surface area contributed by atoms with Gasteiger partial charge in [-0.1, -0.05) is 6.92 Å². The quantitative estimate of drug-likeness (QED) is 0.724. The van der Waals surface area contributed by atoms with Crippen molar-refractivity contribution in [1.29, 1.82) is 0 Å². The Labute approximate surface area is 164 Å². The lowest BCUT2D eigenvalue weighted by Gasteiger charge is -2.19. The molecule has 0 bridgehead atoms. The van der Waals surface area contributed by atoms with E-state index in [4.69, 9.17) is 4.74 Å². The van der Waals surface area contributed by atoms with Crippen LogP contribution in [0, 0.1) is 5.92 Å². The number of aromatic hydroxyl groups is 1. The third-order valence-electron chi connectivity index (χ3n) is 5.05. The zero-order valence-electron chi connectivity index (χ0n) is 16.1. The highest BCUT2D eigenvalue weighted by molar-refractivity contribution is 5.68. The standard InChI is InChI=1S/C21H25N5O2/c1-14-10-17(11-15(2)22-13-14)28-21-7-6-19(24-25-21)18-5-4-16(12-20(18)27)26-9-3-8-23-26/h3-9,12,14-15,17,22,27H,10-11,13H2,1-2H3/t14-,15+,17+/m1/s1. The Balaban J connectivity index is 1.48. The molecule has 2 aromatic heterocycles. The molecule has 7 heteroatoms. The Morgan fingerprint density at radius 1 is 1.14 bits per heavy atom. The molecule has 3 atom stereocenters. The van der Waals surface area contributed by atoms with Crippen LogP contribution in [0.5, 0.6) is 11.6 Å². The summed E-state index contributed by atoms with van der Waals surface area (Å²) < 4.78 is 7.77. The number of benzene rings is 1. The minimum absolute atomic E-state index is 0.127. The zero-order valence-corrected chi connectivity index (χ0v) is 16.1. The number of hydrogen-bond donors (Lipinski definition) is 2. The summed E-state index contributed by atoms with van der Waals surface area (Å²) in [5.74, 6) is 1.21. The summed E-state index contributed by atoms with van der Waals surface area (Å²) in [6.07, 6.45) is 5.59. The van der Waals surface area contributed by atoms with E-state index in [1.54, 1.807) is 16.9 Å². The van der Waals surface area contributed by atoms with Gasteiger partial charge < -0.3 is 15.2 Å². The Bertz CT molecular complexity index is 899. The van der Waals surface area contributed by atoms with Crippen LogP contribution >= 0.6 is 0 Å². The molecule has 0 aliphatic carbocycles. The summed E-state index contributed by atoms with van der Waals surface area (Å²) in [5.41, 5.74) is 2.00. The Morgan fingerprint density at radius 2 is 2.04 bits per heavy atom. The summed E-state index contributed by atoms with van der Waals surface area (Å²) in [7, 11) is 0. The normalized spacial score (nSPS) is 22.6. The third kappa shape index (κ3) is 4.14. The van der Waals surface area contributed by atoms with Gasteiger partial charge in [0.15, 0.2) is 0 Å². The summed E-state index contributed by atoms with van der Waals surface area (Å²) in [6, 6.07) is 11.3. The van der Waals surface area contributed by atoms with E-state index in [-0.39, 0.29) is 11.9 Å². The minimum Gasteiger partial charge on any atom is -0.507 e. The highest BCUT2D eigenvalue weighted by Gasteiger charge is 2.23. The molecule has 3 aromatic rings. The van der Waals surface area contributed by atoms with Crippen LogP contribution in [0.3, 0.4) is 0 Å². The molecular formula is C21H25N5O2. The number of rotatable bonds is 4. The molecular weight excluding hydrogens is 354 g/mol. The third-order valence-corrected chi connectivity index (χ3v) is 5.05. The lowest BCUT2D eigenvalue weighted by atomic mass is 10.0. The second kappa shape index (κ2) is 7.98. The number of ether oxygens (including phenoxy) is 1. The van der Waals surface area contributed by atoms with Gasteiger partial charge in [0.25, 0.3) is 0 Å². The van der Waals surface area contributed by atoms with Crippen molar-refractivity contribution in [2.45, 2.75) is 38.8 Å². The van der Waals surface area contributed by atoms with Crippen LogP contribution in [0.4, 0.5) is 0 Å². The molecule has 2 N–H and O–H groups in total. The van der Waals surface area contributed by atoms with Gasteiger partial charge in [-0.15, -0.1) is 10.2 Å². The van der Waals surface area contributed by atoms with Crippen molar-refractivity contribution in [2.24, 2.45) is 5.92 Å². The molecule has 1 aliphatic heterocycles. The van der Waals surface area contributed by atoms with Crippen molar-refractivity contribution in [3.05, 3.63) is 48.8 Å². The monoisotopic (exact) mass is 379 g/mol. The fourth-order valence-electron chi connectivity index (χ4n) is 3.60. The van der Waals surface area contributed by atoms with Gasteiger partial charge in [0, 0.05) is 36.1 Å². The van der Waals surface area contributed by atoms with Gasteiger partial charge in [-0.2, -0.15) is 5.10 Å². The Morgan fingerprint density at radius 3 is 2.75 bits per heavy atom. The van der Waals surface area contributed by atoms with Crippen molar-refractivity contribution < 1.29 is 9.84 Å². The molecule has 28 heavy (non-hydrogen) atoms. The molecule has 3 heterocycles. The molecule has 7 nitrogen and oxygen atoms in total. The molecule has 0 amide bonds. The van der Waals surface area contributed by atoms with Crippen LogP contribution in [0.15, 0.2) is 48.8 Å². The fourth-order valence-corrected chi connectivity index (χ4v) is 3.60. The van der Waals surface area contributed by atoms with Crippen LogP contribution < -0.4 is 10.1 Å². The molecule has 1 aromatic carbocycles. The highest BCUT2D eigenvalue weighted by atomic mass is 16.5. The van der Waals surface area contributed by atoms with Crippen LogP contribution in [-0.4, -0.2) is 43.8 Å². The van der Waals surface area contributed by atoms with Crippen molar-refractivity contribution in [2.75, 3.05) is 6.54 Å². The first kappa shape index (κ1) is 18.4. The molecule has 1 saturated heterocycles. The molecule has 1 aliphatic rings. The average Bonchev–Trinajstić information content (AvgIpc) is 3.16. The van der Waals surface area contributed by atoms with Gasteiger partial charge in [0.1, 0.15) is 11.9 Å². The fraction of sp³-hybridized carbons (Fsp3) is 0.381. The lowest BCUT2D eigenvalue weighted by molar-refractivity contribution is 0.159. The summed E-state index contributed by atoms with van der Waals surface area (Å²) in [6.45, 7) is 5.42. The molecule has 0 saturated carbocycles. The molecule has 146 valence electrons. The molecule has 4 rings (SSSR count). The van der Waals surface area contributed by atoms with E-state index in [9.17, 15) is 5.11 Å². The molecule has 0 radical (unpaired) electrons. The summed E-state index contributed by atoms with van der Waals surface area (Å²) in [4.78, 5) is 0. The number of hydrogen-bond acceptors (Lipinski definition) is 6. The Hall–Kier alpha value is -2.93. The van der Waals surface area contributed by atoms with Crippen molar-refractivity contribution in [3.8, 4) is 28.6 Å². The van der Waals surface area contributed by atoms with Gasteiger partial charge in [0.2, 0.25) is 5.88 Å². The van der Waals surface area contributed by atoms with E-state index in [1.165, 1.54) is 0 Å². The van der Waals surface area contributed by atoms with Gasteiger partial charge in [-0.25, -0.2) is 4.68 Å². The summed E-state index contributed by atoms with van der Waals surface area (Å²) >= 11 is 0. The predicted molar refractivity (Wildman–Crippen MR) is 107 cm³/mol. The van der Waals surface area contributed by atoms with E-state index in [2.05, 4.69) is 34.5 Å². The predicted octanol–water partition coefficient (Wildman–Crippen LogP) is 3.19. The van der Waals surface area contributed by atoms with Crippen LogP contribution in [0.1, 0.15) is 26.7 Å². The van der Waals surface area contributed by atoms with E-state index in [0.717, 1.165) is 25.1 Å². The van der Waals surface area contributed by atoms with Crippen molar-refractivity contribution in [1.82, 2.24) is 25.3 Å². The number of phenols is 1. The maximum atomic E-state index is 10.4. The maximum absolute atomic E-state index is 10.4. The van der Waals surface area contributed by atoms with Crippen LogP contribution in [-0.2, 0) is 0 Å². The van der Waals surface area contributed by atoms with Gasteiger partial charge in [-0.05, 0) is 56.5 Å². The largest absolute Gasteiger partial charge is 0.507 e. The number of nitrogens with zero attached hydrogens (tertiary/aromatic N) is 4. The Kier molecular flexibility index (Phi) is 5.25. The topological polar surface area (TPSA) is 85.1 Å². The highest BCUT2D eigenvalue weighted by Crippen LogP contribution is 2.30. The molecule has 1 fully saturated rings. The van der Waals surface area contributed by atoms with Crippen molar-refractivity contribution in [3.63, 3.8) is 0 Å². The van der Waals surface area contributed by atoms with E-state index >= 15 is 0 Å². The first-order chi connectivity index (χ1) is 13.6. The number of nitrogens with one attached hydrogen (secondary N) is 1. The maximum Gasteiger partial charge on any atom is 0.233 e. The molecule has 0 spiro atoms. The first-order valence-corrected chi connectivity index (χ1v) is 9.65. The van der Waals surface area contributed by atoms with E-state index in [0.29, 0.717) is 29.1 Å². The van der Waals surface area contributed by atoms with Crippen molar-refractivity contribution >= 4 is 0 Å². The van der Waals surface area contributed by atoms with E-state index in [1.807, 2.05) is 36.5 Å². The SMILES string of the molecule is C[C@H]1CN[C@@H](C)C[C@@H](Oc2ccc(-c3ccc(-n4cccn4)cc3O)nn2)C1. The first-order valence-electron chi connectivity index (χ1n) is 9.65. The van der Waals surface area contributed by atoms with E-state index < -0.39 is 0 Å². The van der Waals surface area contributed by atoms with Gasteiger partial charge >= 0.3 is 0 Å². The second-order valence-corrected chi connectivity index (χ2v) is 7.53. The molecule has 0 unspecified atom stereocenters. The van der Waals surface area contributed by atoms with Crippen LogP contribution in [0.25, 0.3) is 16.9 Å². The van der Waals surface area contributed by atoms with Gasteiger partial charge in [0.05, 0.1) is 11.4 Å². The summed E-state index contributed by atoms with van der Waals surface area (Å²) in [5, 5.41) is 26.6. The number of aromatic nitrogens is 4. The lowest BCUT2D eigenvalue weighted by Crippen LogP contribution is -2.29. The zero-order chi connectivity index (χ0) is 19.5. The number of phenolic OH excluding ortho intramolecular Hbond substituents is 1. The minimum atomic E-state index is 0.127. The van der Waals surface area contributed by atoms with Crippen LogP contribution in [0.2, 0.25) is 0 Å². The second-order valence-electron chi connectivity index (χ2n) is 7.53.